The van der Waals surface area contributed by atoms with Crippen molar-refractivity contribution in [2.24, 2.45) is 23.7 Å². The summed E-state index contributed by atoms with van der Waals surface area (Å²) in [5, 5.41) is 2.04. The van der Waals surface area contributed by atoms with Crippen molar-refractivity contribution in [2.75, 3.05) is 6.54 Å². The molecule has 2 aromatic carbocycles. The molecule has 2 bridgehead atoms. The molecule has 0 radical (unpaired) electrons. The van der Waals surface area contributed by atoms with Crippen LogP contribution in [0.4, 0.5) is 0 Å². The van der Waals surface area contributed by atoms with E-state index in [1.54, 1.807) is 42.5 Å². The van der Waals surface area contributed by atoms with Crippen LogP contribution < -0.4 is 0 Å². The van der Waals surface area contributed by atoms with E-state index >= 15 is 0 Å². The first-order chi connectivity index (χ1) is 15.4. The average molecular weight is 514 g/mol. The lowest BCUT2D eigenvalue weighted by atomic mass is 9.85. The van der Waals surface area contributed by atoms with Crippen molar-refractivity contribution in [2.45, 2.75) is 6.42 Å². The van der Waals surface area contributed by atoms with Crippen molar-refractivity contribution in [1.82, 2.24) is 10.0 Å². The third kappa shape index (κ3) is 3.31. The largest absolute Gasteiger partial charge is 0.292 e. The summed E-state index contributed by atoms with van der Waals surface area (Å²) in [6, 6.07) is 13.1. The number of allylic oxidation sites excluding steroid dienone is 2. The number of hydrogen-bond donors (Lipinski definition) is 0. The maximum atomic E-state index is 13.5. The van der Waals surface area contributed by atoms with Crippen LogP contribution in [0, 0.1) is 23.7 Å². The van der Waals surface area contributed by atoms with Crippen molar-refractivity contribution >= 4 is 51.0 Å². The van der Waals surface area contributed by atoms with Crippen LogP contribution in [0.25, 0.3) is 0 Å². The van der Waals surface area contributed by atoms with E-state index in [4.69, 9.17) is 11.6 Å². The zero-order chi connectivity index (χ0) is 22.6. The molecule has 0 aromatic heterocycles. The summed E-state index contributed by atoms with van der Waals surface area (Å²) < 4.78 is 0.804. The molecule has 1 aliphatic heterocycles. The highest BCUT2D eigenvalue weighted by Crippen LogP contribution is 2.52. The number of nitrogens with zero attached hydrogens (tertiary/aromatic N) is 2. The van der Waals surface area contributed by atoms with E-state index in [1.807, 2.05) is 12.2 Å². The van der Waals surface area contributed by atoms with Crippen LogP contribution in [0.1, 0.15) is 27.1 Å². The van der Waals surface area contributed by atoms with Gasteiger partial charge in [0.2, 0.25) is 0 Å². The molecule has 6 nitrogen and oxygen atoms in total. The topological polar surface area (TPSA) is 74.8 Å². The van der Waals surface area contributed by atoms with Gasteiger partial charge in [0, 0.05) is 10.0 Å². The van der Waals surface area contributed by atoms with Crippen LogP contribution in [0.15, 0.2) is 65.2 Å². The third-order valence-electron chi connectivity index (χ3n) is 6.49. The predicted octanol–water partition coefficient (Wildman–Crippen LogP) is 4.15. The number of rotatable bonds is 5. The van der Waals surface area contributed by atoms with Crippen LogP contribution in [-0.4, -0.2) is 40.1 Å². The second-order valence-corrected chi connectivity index (χ2v) is 9.58. The van der Waals surface area contributed by atoms with Gasteiger partial charge in [0.25, 0.3) is 17.7 Å². The molecule has 3 aliphatic rings. The van der Waals surface area contributed by atoms with Gasteiger partial charge in [-0.1, -0.05) is 63.9 Å². The molecule has 4 atom stereocenters. The summed E-state index contributed by atoms with van der Waals surface area (Å²) >= 11 is 9.56. The van der Waals surface area contributed by atoms with Crippen molar-refractivity contribution in [3.63, 3.8) is 0 Å². The quantitative estimate of drug-likeness (QED) is 0.342. The predicted molar refractivity (Wildman–Crippen MR) is 121 cm³/mol. The fourth-order valence-electron chi connectivity index (χ4n) is 4.99. The Labute approximate surface area is 197 Å². The fraction of sp³-hybridized carbons (Fsp3) is 0.250. The Kier molecular flexibility index (Phi) is 5.26. The summed E-state index contributed by atoms with van der Waals surface area (Å²) in [6.07, 6.45) is 4.73. The number of fused-ring (bicyclic) bond motifs is 5. The number of benzene rings is 2. The molecule has 8 heteroatoms. The normalized spacial score (nSPS) is 25.4. The maximum Gasteiger partial charge on any atom is 0.274 e. The Balaban J connectivity index is 1.51. The van der Waals surface area contributed by atoms with Gasteiger partial charge >= 0.3 is 0 Å². The average Bonchev–Trinajstić information content (AvgIpc) is 3.46. The number of ketones is 1. The molecule has 5 rings (SSSR count). The minimum atomic E-state index is -0.664. The molecule has 1 heterocycles. The van der Waals surface area contributed by atoms with Gasteiger partial charge in [-0.2, -0.15) is 5.01 Å². The van der Waals surface area contributed by atoms with E-state index in [2.05, 4.69) is 15.9 Å². The zero-order valence-corrected chi connectivity index (χ0v) is 19.1. The van der Waals surface area contributed by atoms with Crippen molar-refractivity contribution in [3.8, 4) is 0 Å². The summed E-state index contributed by atoms with van der Waals surface area (Å²) in [5.74, 6) is -2.90. The standard InChI is InChI=1S/C24H18BrClN2O4/c25-16-9-7-13(8-10-16)19(29)12-27(22(30)17-3-1-2-4-18(17)26)28-23(31)20-14-5-6-15(11-14)21(20)24(28)32/h1-10,14-15,20-21H,11-12H2/t14-,15-,20-,21-/m0/s1. The van der Waals surface area contributed by atoms with Gasteiger partial charge in [0.1, 0.15) is 6.54 Å². The molecule has 0 N–H and O–H groups in total. The number of imide groups is 1. The second-order valence-electron chi connectivity index (χ2n) is 8.26. The molecule has 2 fully saturated rings. The lowest BCUT2D eigenvalue weighted by Gasteiger charge is -2.31. The van der Waals surface area contributed by atoms with E-state index in [0.29, 0.717) is 5.56 Å². The van der Waals surface area contributed by atoms with Crippen LogP contribution in [0.2, 0.25) is 5.02 Å². The molecule has 0 spiro atoms. The highest BCUT2D eigenvalue weighted by molar-refractivity contribution is 9.10. The Morgan fingerprint density at radius 2 is 1.56 bits per heavy atom. The minimum Gasteiger partial charge on any atom is -0.292 e. The lowest BCUT2D eigenvalue weighted by molar-refractivity contribution is -0.154. The Bertz CT molecular complexity index is 1150. The smallest absolute Gasteiger partial charge is 0.274 e. The Hall–Kier alpha value is -2.77. The molecule has 2 aliphatic carbocycles. The number of carbonyl (C=O) groups is 4. The lowest BCUT2D eigenvalue weighted by Crippen LogP contribution is -2.52. The molecule has 0 unspecified atom stereocenters. The number of hydrazine groups is 1. The fourth-order valence-corrected chi connectivity index (χ4v) is 5.48. The van der Waals surface area contributed by atoms with Crippen LogP contribution in [-0.2, 0) is 9.59 Å². The Morgan fingerprint density at radius 3 is 2.16 bits per heavy atom. The Morgan fingerprint density at radius 1 is 0.969 bits per heavy atom. The minimum absolute atomic E-state index is 0.00843. The van der Waals surface area contributed by atoms with E-state index in [-0.39, 0.29) is 22.4 Å². The van der Waals surface area contributed by atoms with Gasteiger partial charge in [-0.3, -0.25) is 19.2 Å². The highest BCUT2D eigenvalue weighted by Gasteiger charge is 2.61. The first kappa shape index (κ1) is 21.1. The highest BCUT2D eigenvalue weighted by atomic mass is 79.9. The number of carbonyl (C=O) groups excluding carboxylic acids is 4. The van der Waals surface area contributed by atoms with E-state index in [9.17, 15) is 19.2 Å². The van der Waals surface area contributed by atoms with Crippen molar-refractivity contribution in [1.29, 1.82) is 0 Å². The zero-order valence-electron chi connectivity index (χ0n) is 16.8. The number of amides is 3. The third-order valence-corrected chi connectivity index (χ3v) is 7.35. The summed E-state index contributed by atoms with van der Waals surface area (Å²) in [4.78, 5) is 53.2. The number of Topliss-reactive ketones (excluding diaryl/α,β-unsaturated/α-hetero) is 1. The molecular formula is C24H18BrClN2O4. The monoisotopic (exact) mass is 512 g/mol. The number of halogens is 2. The molecule has 1 saturated carbocycles. The molecular weight excluding hydrogens is 496 g/mol. The van der Waals surface area contributed by atoms with E-state index < -0.39 is 41.9 Å². The second kappa shape index (κ2) is 7.98. The molecule has 162 valence electrons. The van der Waals surface area contributed by atoms with E-state index in [1.165, 1.54) is 6.07 Å². The maximum absolute atomic E-state index is 13.5. The first-order valence-corrected chi connectivity index (χ1v) is 11.4. The van der Waals surface area contributed by atoms with Gasteiger partial charge in [-0.15, -0.1) is 0 Å². The molecule has 3 amide bonds. The van der Waals surface area contributed by atoms with Crippen molar-refractivity contribution < 1.29 is 19.2 Å². The van der Waals surface area contributed by atoms with Gasteiger partial charge in [0.15, 0.2) is 5.78 Å². The van der Waals surface area contributed by atoms with Crippen LogP contribution >= 0.6 is 27.5 Å². The summed E-state index contributed by atoms with van der Waals surface area (Å²) in [7, 11) is 0. The number of hydrogen-bond acceptors (Lipinski definition) is 4. The van der Waals surface area contributed by atoms with Gasteiger partial charge in [-0.25, -0.2) is 5.01 Å². The van der Waals surface area contributed by atoms with Gasteiger partial charge in [0.05, 0.1) is 22.4 Å². The van der Waals surface area contributed by atoms with Gasteiger partial charge < -0.3 is 0 Å². The van der Waals surface area contributed by atoms with Gasteiger partial charge in [-0.05, 0) is 42.5 Å². The summed E-state index contributed by atoms with van der Waals surface area (Å²) in [5.41, 5.74) is 0.489. The van der Waals surface area contributed by atoms with Crippen LogP contribution in [0.5, 0.6) is 0 Å². The van der Waals surface area contributed by atoms with Crippen molar-refractivity contribution in [3.05, 3.63) is 81.3 Å². The first-order valence-electron chi connectivity index (χ1n) is 10.3. The summed E-state index contributed by atoms with van der Waals surface area (Å²) in [6.45, 7) is -0.453. The molecule has 2 aromatic rings. The van der Waals surface area contributed by atoms with E-state index in [0.717, 1.165) is 20.9 Å². The SMILES string of the molecule is O=C(CN(C(=O)c1ccccc1Cl)N1C(=O)[C@@H]2[C@@H](C1=O)[C@H]1C=C[C@H]2C1)c1ccc(Br)cc1. The molecule has 32 heavy (non-hydrogen) atoms. The molecule has 1 saturated heterocycles. The van der Waals surface area contributed by atoms with Crippen LogP contribution in [0.3, 0.4) is 0 Å².